The van der Waals surface area contributed by atoms with Gasteiger partial charge in [0, 0.05) is 36.7 Å². The number of ketones is 1. The first kappa shape index (κ1) is 20.8. The summed E-state index contributed by atoms with van der Waals surface area (Å²) in [6.07, 6.45) is 8.24. The molecule has 0 aromatic heterocycles. The second-order valence-corrected chi connectivity index (χ2v) is 8.67. The van der Waals surface area contributed by atoms with Gasteiger partial charge >= 0.3 is 0 Å². The quantitative estimate of drug-likeness (QED) is 0.695. The third-order valence-electron chi connectivity index (χ3n) is 6.51. The molecule has 0 radical (unpaired) electrons. The van der Waals surface area contributed by atoms with E-state index >= 15 is 0 Å². The highest BCUT2D eigenvalue weighted by Gasteiger charge is 2.21. The Hall–Kier alpha value is -2.46. The minimum atomic E-state index is 0.0182. The zero-order chi connectivity index (χ0) is 20.8. The number of amides is 1. The zero-order valence-corrected chi connectivity index (χ0v) is 17.7. The summed E-state index contributed by atoms with van der Waals surface area (Å²) in [5, 5.41) is 3.16. The van der Waals surface area contributed by atoms with Crippen molar-refractivity contribution in [3.63, 3.8) is 0 Å². The van der Waals surface area contributed by atoms with Gasteiger partial charge in [0.05, 0.1) is 0 Å². The van der Waals surface area contributed by atoms with Gasteiger partial charge in [0.2, 0.25) is 0 Å². The van der Waals surface area contributed by atoms with Gasteiger partial charge in [0.25, 0.3) is 5.91 Å². The standard InChI is InChI=1S/C26H32N2O2/c29-25(23-13-12-20-7-4-5-10-22(20)19-23)11-6-16-28-17-14-24(15-18-28)27-26(30)21-8-2-1-3-9-21/h1-3,8-9,12-13,19,24H,4-7,10-11,14-18H2,(H,27,30). The smallest absolute Gasteiger partial charge is 0.251 e. The lowest BCUT2D eigenvalue weighted by molar-refractivity contribution is 0.0903. The minimum Gasteiger partial charge on any atom is -0.349 e. The number of fused-ring (bicyclic) bond motifs is 1. The van der Waals surface area contributed by atoms with E-state index in [0.29, 0.717) is 6.42 Å². The zero-order valence-electron chi connectivity index (χ0n) is 17.7. The van der Waals surface area contributed by atoms with Gasteiger partial charge in [-0.3, -0.25) is 9.59 Å². The van der Waals surface area contributed by atoms with Gasteiger partial charge in [-0.25, -0.2) is 0 Å². The van der Waals surface area contributed by atoms with E-state index in [0.717, 1.165) is 62.9 Å². The Morgan fingerprint density at radius 1 is 0.900 bits per heavy atom. The fourth-order valence-electron chi connectivity index (χ4n) is 4.67. The third kappa shape index (κ3) is 5.37. The Morgan fingerprint density at radius 3 is 2.40 bits per heavy atom. The van der Waals surface area contributed by atoms with E-state index in [1.807, 2.05) is 36.4 Å². The number of carbonyl (C=O) groups excluding carboxylic acids is 2. The number of likely N-dealkylation sites (tertiary alicyclic amines) is 1. The van der Waals surface area contributed by atoms with Crippen molar-refractivity contribution in [3.05, 3.63) is 70.8 Å². The minimum absolute atomic E-state index is 0.0182. The third-order valence-corrected chi connectivity index (χ3v) is 6.51. The van der Waals surface area contributed by atoms with Crippen LogP contribution < -0.4 is 5.32 Å². The lowest BCUT2D eigenvalue weighted by atomic mass is 9.89. The molecular weight excluding hydrogens is 372 g/mol. The molecule has 1 aliphatic heterocycles. The van der Waals surface area contributed by atoms with Crippen LogP contribution in [-0.4, -0.2) is 42.3 Å². The number of piperidine rings is 1. The number of aryl methyl sites for hydroxylation is 2. The molecule has 1 amide bonds. The van der Waals surface area contributed by atoms with Crippen LogP contribution in [0.5, 0.6) is 0 Å². The normalized spacial score (nSPS) is 17.3. The summed E-state index contributed by atoms with van der Waals surface area (Å²) < 4.78 is 0. The van der Waals surface area contributed by atoms with Crippen molar-refractivity contribution >= 4 is 11.7 Å². The number of benzene rings is 2. The molecule has 2 aromatic carbocycles. The predicted molar refractivity (Wildman–Crippen MR) is 120 cm³/mol. The molecule has 1 fully saturated rings. The Balaban J connectivity index is 1.17. The van der Waals surface area contributed by atoms with Crippen molar-refractivity contribution in [1.29, 1.82) is 0 Å². The van der Waals surface area contributed by atoms with E-state index in [2.05, 4.69) is 22.3 Å². The van der Waals surface area contributed by atoms with Crippen LogP contribution in [0.4, 0.5) is 0 Å². The molecule has 4 heteroatoms. The molecule has 0 spiro atoms. The van der Waals surface area contributed by atoms with Crippen molar-refractivity contribution in [3.8, 4) is 0 Å². The summed E-state index contributed by atoms with van der Waals surface area (Å²) in [5.74, 6) is 0.290. The summed E-state index contributed by atoms with van der Waals surface area (Å²) in [6, 6.07) is 16.0. The second kappa shape index (κ2) is 10.0. The van der Waals surface area contributed by atoms with E-state index in [9.17, 15) is 9.59 Å². The van der Waals surface area contributed by atoms with Crippen LogP contribution in [-0.2, 0) is 12.8 Å². The monoisotopic (exact) mass is 404 g/mol. The molecule has 2 aromatic rings. The molecule has 158 valence electrons. The summed E-state index contributed by atoms with van der Waals surface area (Å²) in [7, 11) is 0. The van der Waals surface area contributed by atoms with Gasteiger partial charge in [-0.2, -0.15) is 0 Å². The van der Waals surface area contributed by atoms with Crippen molar-refractivity contribution < 1.29 is 9.59 Å². The van der Waals surface area contributed by atoms with Gasteiger partial charge in [0.1, 0.15) is 0 Å². The first-order valence-electron chi connectivity index (χ1n) is 11.4. The van der Waals surface area contributed by atoms with E-state index in [1.54, 1.807) is 0 Å². The molecule has 1 saturated heterocycles. The SMILES string of the molecule is O=C(CCCN1CCC(NC(=O)c2ccccc2)CC1)c1ccc2c(c1)CCCC2. The Labute approximate surface area is 179 Å². The maximum Gasteiger partial charge on any atom is 0.251 e. The number of nitrogens with zero attached hydrogens (tertiary/aromatic N) is 1. The summed E-state index contributed by atoms with van der Waals surface area (Å²) >= 11 is 0. The van der Waals surface area contributed by atoms with Crippen molar-refractivity contribution in [2.75, 3.05) is 19.6 Å². The molecule has 2 aliphatic rings. The van der Waals surface area contributed by atoms with E-state index in [1.165, 1.54) is 24.0 Å². The van der Waals surface area contributed by atoms with Crippen LogP contribution in [0.15, 0.2) is 48.5 Å². The van der Waals surface area contributed by atoms with Crippen LogP contribution in [0, 0.1) is 0 Å². The van der Waals surface area contributed by atoms with Gasteiger partial charge in [-0.05, 0) is 80.8 Å². The first-order valence-corrected chi connectivity index (χ1v) is 11.4. The summed E-state index contributed by atoms with van der Waals surface area (Å²) in [4.78, 5) is 27.3. The molecule has 0 atom stereocenters. The van der Waals surface area contributed by atoms with Crippen LogP contribution in [0.1, 0.15) is 70.4 Å². The van der Waals surface area contributed by atoms with Crippen molar-refractivity contribution in [1.82, 2.24) is 10.2 Å². The van der Waals surface area contributed by atoms with Crippen LogP contribution in [0.2, 0.25) is 0 Å². The van der Waals surface area contributed by atoms with E-state index in [-0.39, 0.29) is 17.7 Å². The average Bonchev–Trinajstić information content (AvgIpc) is 2.80. The topological polar surface area (TPSA) is 49.4 Å². The van der Waals surface area contributed by atoms with Gasteiger partial charge in [-0.1, -0.05) is 30.3 Å². The molecule has 30 heavy (non-hydrogen) atoms. The lowest BCUT2D eigenvalue weighted by Gasteiger charge is -2.32. The number of nitrogens with one attached hydrogen (secondary N) is 1. The number of rotatable bonds is 7. The fourth-order valence-corrected chi connectivity index (χ4v) is 4.67. The summed E-state index contributed by atoms with van der Waals surface area (Å²) in [6.45, 7) is 2.91. The van der Waals surface area contributed by atoms with Crippen molar-refractivity contribution in [2.45, 2.75) is 57.4 Å². The molecular formula is C26H32N2O2. The van der Waals surface area contributed by atoms with Gasteiger partial charge in [0.15, 0.2) is 5.78 Å². The average molecular weight is 405 g/mol. The molecule has 1 aliphatic carbocycles. The highest BCUT2D eigenvalue weighted by Crippen LogP contribution is 2.23. The van der Waals surface area contributed by atoms with E-state index in [4.69, 9.17) is 0 Å². The molecule has 0 unspecified atom stereocenters. The predicted octanol–water partition coefficient (Wildman–Crippen LogP) is 4.42. The van der Waals surface area contributed by atoms with E-state index < -0.39 is 0 Å². The molecule has 4 rings (SSSR count). The molecule has 1 N–H and O–H groups in total. The van der Waals surface area contributed by atoms with Crippen LogP contribution in [0.25, 0.3) is 0 Å². The molecule has 0 saturated carbocycles. The largest absolute Gasteiger partial charge is 0.349 e. The maximum atomic E-state index is 12.6. The molecule has 1 heterocycles. The van der Waals surface area contributed by atoms with Crippen molar-refractivity contribution in [2.24, 2.45) is 0 Å². The number of carbonyl (C=O) groups is 2. The highest BCUT2D eigenvalue weighted by molar-refractivity contribution is 5.96. The molecule has 4 nitrogen and oxygen atoms in total. The lowest BCUT2D eigenvalue weighted by Crippen LogP contribution is -2.44. The number of Topliss-reactive ketones (excluding diaryl/α,β-unsaturated/α-hetero) is 1. The summed E-state index contributed by atoms with van der Waals surface area (Å²) in [5.41, 5.74) is 4.42. The first-order chi connectivity index (χ1) is 14.7. The number of hydrogen-bond donors (Lipinski definition) is 1. The van der Waals surface area contributed by atoms with Crippen LogP contribution in [0.3, 0.4) is 0 Å². The Bertz CT molecular complexity index is 870. The highest BCUT2D eigenvalue weighted by atomic mass is 16.1. The Morgan fingerprint density at radius 2 is 1.63 bits per heavy atom. The number of hydrogen-bond acceptors (Lipinski definition) is 3. The second-order valence-electron chi connectivity index (χ2n) is 8.67. The van der Waals surface area contributed by atoms with Gasteiger partial charge < -0.3 is 10.2 Å². The molecule has 0 bridgehead atoms. The van der Waals surface area contributed by atoms with Crippen LogP contribution >= 0.6 is 0 Å². The van der Waals surface area contributed by atoms with Gasteiger partial charge in [-0.15, -0.1) is 0 Å². The Kier molecular flexibility index (Phi) is 6.96. The maximum absolute atomic E-state index is 12.6. The fraction of sp³-hybridized carbons (Fsp3) is 0.462.